The van der Waals surface area contributed by atoms with E-state index in [0.29, 0.717) is 5.56 Å². The second kappa shape index (κ2) is 9.65. The summed E-state index contributed by atoms with van der Waals surface area (Å²) in [6.07, 6.45) is 4.34. The van der Waals surface area contributed by atoms with Crippen LogP contribution in [0.25, 0.3) is 12.2 Å². The molecule has 0 heterocycles. The number of amides is 1. The Morgan fingerprint density at radius 2 is 1.58 bits per heavy atom. The number of benzene rings is 2. The van der Waals surface area contributed by atoms with Gasteiger partial charge in [0.05, 0.1) is 0 Å². The normalized spacial score (nSPS) is 11.9. The third-order valence-electron chi connectivity index (χ3n) is 3.26. The van der Waals surface area contributed by atoms with Gasteiger partial charge in [0, 0.05) is 24.6 Å². The summed E-state index contributed by atoms with van der Waals surface area (Å²) in [4.78, 5) is 11.7. The first kappa shape index (κ1) is 19.6. The average molecular weight is 374 g/mol. The van der Waals surface area contributed by atoms with E-state index >= 15 is 0 Å². The smallest absolute Gasteiger partial charge is 0.244 e. The first-order valence-electron chi connectivity index (χ1n) is 7.89. The largest absolute Gasteiger partial charge is 0.351 e. The number of carbonyl (C=O) groups excluding carboxylic acids is 1. The van der Waals surface area contributed by atoms with Gasteiger partial charge in [-0.05, 0) is 35.4 Å². The monoisotopic (exact) mass is 374 g/mol. The van der Waals surface area contributed by atoms with E-state index in [1.807, 2.05) is 18.2 Å². The Bertz CT molecular complexity index is 877. The molecule has 136 valence electrons. The Morgan fingerprint density at radius 3 is 2.27 bits per heavy atom. The summed E-state index contributed by atoms with van der Waals surface area (Å²) < 4.78 is 38.8. The molecule has 2 rings (SSSR count). The maximum absolute atomic E-state index is 12.8. The highest BCUT2D eigenvalue weighted by atomic mass is 32.2. The van der Waals surface area contributed by atoms with E-state index in [9.17, 15) is 17.6 Å². The fraction of sp³-hybridized carbons (Fsp3) is 0.105. The summed E-state index contributed by atoms with van der Waals surface area (Å²) >= 11 is 0. The molecule has 0 bridgehead atoms. The van der Waals surface area contributed by atoms with E-state index in [0.717, 1.165) is 11.0 Å². The lowest BCUT2D eigenvalue weighted by Crippen LogP contribution is -2.33. The molecule has 0 aliphatic heterocycles. The molecule has 2 aromatic carbocycles. The molecule has 0 saturated carbocycles. The van der Waals surface area contributed by atoms with Crippen LogP contribution in [0.4, 0.5) is 4.39 Å². The van der Waals surface area contributed by atoms with Gasteiger partial charge < -0.3 is 5.32 Å². The van der Waals surface area contributed by atoms with Crippen LogP contribution in [0.1, 0.15) is 11.1 Å². The van der Waals surface area contributed by atoms with E-state index in [1.165, 1.54) is 24.3 Å². The van der Waals surface area contributed by atoms with E-state index < -0.39 is 10.0 Å². The molecule has 0 aliphatic carbocycles. The SMILES string of the molecule is O=C(/C=C/c1ccc(F)cc1)NCCNS(=O)(=O)/C=C/c1ccccc1. The second-order valence-electron chi connectivity index (χ2n) is 5.33. The quantitative estimate of drug-likeness (QED) is 0.551. The van der Waals surface area contributed by atoms with Gasteiger partial charge in [-0.2, -0.15) is 0 Å². The molecular weight excluding hydrogens is 355 g/mol. The van der Waals surface area contributed by atoms with Gasteiger partial charge in [0.2, 0.25) is 15.9 Å². The van der Waals surface area contributed by atoms with Crippen LogP contribution in [-0.4, -0.2) is 27.4 Å². The topological polar surface area (TPSA) is 75.3 Å². The maximum atomic E-state index is 12.8. The van der Waals surface area contributed by atoms with Crippen molar-refractivity contribution in [2.75, 3.05) is 13.1 Å². The molecule has 7 heteroatoms. The van der Waals surface area contributed by atoms with Gasteiger partial charge in [0.1, 0.15) is 5.82 Å². The summed E-state index contributed by atoms with van der Waals surface area (Å²) in [5.41, 5.74) is 1.46. The number of hydrogen-bond donors (Lipinski definition) is 2. The maximum Gasteiger partial charge on any atom is 0.244 e. The van der Waals surface area contributed by atoms with Crippen molar-refractivity contribution in [3.8, 4) is 0 Å². The van der Waals surface area contributed by atoms with Gasteiger partial charge >= 0.3 is 0 Å². The molecule has 0 fully saturated rings. The molecule has 5 nitrogen and oxygen atoms in total. The first-order valence-corrected chi connectivity index (χ1v) is 9.43. The van der Waals surface area contributed by atoms with Crippen molar-refractivity contribution < 1.29 is 17.6 Å². The molecule has 0 atom stereocenters. The molecule has 0 aliphatic rings. The summed E-state index contributed by atoms with van der Waals surface area (Å²) in [6, 6.07) is 14.8. The van der Waals surface area contributed by atoms with Gasteiger partial charge in [-0.25, -0.2) is 17.5 Å². The number of sulfonamides is 1. The number of nitrogens with one attached hydrogen (secondary N) is 2. The summed E-state index contributed by atoms with van der Waals surface area (Å²) in [7, 11) is -3.57. The van der Waals surface area contributed by atoms with Gasteiger partial charge in [-0.1, -0.05) is 42.5 Å². The standard InChI is InChI=1S/C19H19FN2O3S/c20-18-9-6-17(7-10-18)8-11-19(23)21-13-14-22-26(24,25)15-12-16-4-2-1-3-5-16/h1-12,15,22H,13-14H2,(H,21,23)/b11-8+,15-12+. The van der Waals surface area contributed by atoms with E-state index in [4.69, 9.17) is 0 Å². The Hall–Kier alpha value is -2.77. The molecule has 2 aromatic rings. The zero-order chi connectivity index (χ0) is 18.8. The van der Waals surface area contributed by atoms with Gasteiger partial charge in [0.25, 0.3) is 0 Å². The van der Waals surface area contributed by atoms with E-state index in [2.05, 4.69) is 10.0 Å². The van der Waals surface area contributed by atoms with E-state index in [1.54, 1.807) is 30.3 Å². The van der Waals surface area contributed by atoms with Gasteiger partial charge in [-0.15, -0.1) is 0 Å². The summed E-state index contributed by atoms with van der Waals surface area (Å²) in [5.74, 6) is -0.714. The highest BCUT2D eigenvalue weighted by Crippen LogP contribution is 2.04. The lowest BCUT2D eigenvalue weighted by Gasteiger charge is -2.04. The molecule has 0 radical (unpaired) electrons. The minimum atomic E-state index is -3.57. The van der Waals surface area contributed by atoms with Crippen LogP contribution in [0.3, 0.4) is 0 Å². The zero-order valence-corrected chi connectivity index (χ0v) is 14.7. The second-order valence-corrected chi connectivity index (χ2v) is 6.98. The zero-order valence-electron chi connectivity index (χ0n) is 13.9. The molecular formula is C19H19FN2O3S. The fourth-order valence-electron chi connectivity index (χ4n) is 1.96. The van der Waals surface area contributed by atoms with Crippen LogP contribution >= 0.6 is 0 Å². The molecule has 26 heavy (non-hydrogen) atoms. The molecule has 0 saturated heterocycles. The Balaban J connectivity index is 1.72. The average Bonchev–Trinajstić information content (AvgIpc) is 2.64. The number of rotatable bonds is 8. The Labute approximate surface area is 152 Å². The van der Waals surface area contributed by atoms with Crippen molar-refractivity contribution in [2.24, 2.45) is 0 Å². The lowest BCUT2D eigenvalue weighted by atomic mass is 10.2. The van der Waals surface area contributed by atoms with E-state index in [-0.39, 0.29) is 24.8 Å². The summed E-state index contributed by atoms with van der Waals surface area (Å²) in [6.45, 7) is 0.211. The highest BCUT2D eigenvalue weighted by molar-refractivity contribution is 7.92. The van der Waals surface area contributed by atoms with Crippen LogP contribution in [0.5, 0.6) is 0 Å². The number of hydrogen-bond acceptors (Lipinski definition) is 3. The van der Waals surface area contributed by atoms with Gasteiger partial charge in [-0.3, -0.25) is 4.79 Å². The lowest BCUT2D eigenvalue weighted by molar-refractivity contribution is -0.116. The van der Waals surface area contributed by atoms with Crippen LogP contribution in [0.2, 0.25) is 0 Å². The van der Waals surface area contributed by atoms with Crippen molar-refractivity contribution >= 4 is 28.1 Å². The minimum absolute atomic E-state index is 0.0671. The fourth-order valence-corrected chi connectivity index (χ4v) is 2.78. The van der Waals surface area contributed by atoms with Crippen LogP contribution in [0, 0.1) is 5.82 Å². The first-order chi connectivity index (χ1) is 12.4. The van der Waals surface area contributed by atoms with Crippen molar-refractivity contribution in [1.82, 2.24) is 10.0 Å². The highest BCUT2D eigenvalue weighted by Gasteiger charge is 2.04. The summed E-state index contributed by atoms with van der Waals surface area (Å²) in [5, 5.41) is 3.64. The Kier molecular flexibility index (Phi) is 7.25. The van der Waals surface area contributed by atoms with Crippen molar-refractivity contribution in [3.05, 3.63) is 83.0 Å². The molecule has 1 amide bonds. The molecule has 0 unspecified atom stereocenters. The van der Waals surface area contributed by atoms with Crippen molar-refractivity contribution in [1.29, 1.82) is 0 Å². The number of halogens is 1. The third kappa shape index (κ3) is 7.42. The predicted molar refractivity (Wildman–Crippen MR) is 101 cm³/mol. The molecule has 2 N–H and O–H groups in total. The van der Waals surface area contributed by atoms with Gasteiger partial charge in [0.15, 0.2) is 0 Å². The van der Waals surface area contributed by atoms with Crippen LogP contribution in [-0.2, 0) is 14.8 Å². The molecule has 0 spiro atoms. The Morgan fingerprint density at radius 1 is 0.923 bits per heavy atom. The van der Waals surface area contributed by atoms with Crippen molar-refractivity contribution in [2.45, 2.75) is 0 Å². The number of carbonyl (C=O) groups is 1. The molecule has 0 aromatic heterocycles. The van der Waals surface area contributed by atoms with Crippen LogP contribution in [0.15, 0.2) is 66.1 Å². The van der Waals surface area contributed by atoms with Crippen molar-refractivity contribution in [3.63, 3.8) is 0 Å². The van der Waals surface area contributed by atoms with Crippen LogP contribution < -0.4 is 10.0 Å². The minimum Gasteiger partial charge on any atom is -0.351 e. The third-order valence-corrected chi connectivity index (χ3v) is 4.36. The predicted octanol–water partition coefficient (Wildman–Crippen LogP) is 2.55.